The molecule has 0 aromatic carbocycles. The second-order valence-electron chi connectivity index (χ2n) is 4.26. The van der Waals surface area contributed by atoms with Gasteiger partial charge < -0.3 is 9.40 Å². The summed E-state index contributed by atoms with van der Waals surface area (Å²) in [4.78, 5) is 8.77. The summed E-state index contributed by atoms with van der Waals surface area (Å²) in [5.74, 6) is 0.699. The second kappa shape index (κ2) is 4.54. The van der Waals surface area contributed by atoms with Crippen LogP contribution in [0.3, 0.4) is 0 Å². The zero-order valence-corrected chi connectivity index (χ0v) is 11.2. The van der Waals surface area contributed by atoms with Gasteiger partial charge in [-0.25, -0.2) is 4.98 Å². The average molecular weight is 280 g/mol. The third-order valence-corrected chi connectivity index (χ3v) is 3.92. The number of rotatable bonds is 3. The maximum Gasteiger partial charge on any atom is 0.205 e. The fraction of sp³-hybridized carbons (Fsp3) is 0. The van der Waals surface area contributed by atoms with Crippen molar-refractivity contribution in [1.82, 2.24) is 14.5 Å². The minimum atomic E-state index is 0.699. The van der Waals surface area contributed by atoms with Gasteiger partial charge in [0, 0.05) is 12.3 Å². The lowest BCUT2D eigenvalue weighted by molar-refractivity contribution is 0.539. The number of hydrogen-bond donors (Lipinski definition) is 1. The Hall–Kier alpha value is -2.53. The Morgan fingerprint density at radius 3 is 2.90 bits per heavy atom. The Kier molecular flexibility index (Phi) is 2.57. The van der Waals surface area contributed by atoms with E-state index in [1.807, 2.05) is 46.5 Å². The first-order valence-corrected chi connectivity index (χ1v) is 7.03. The first kappa shape index (κ1) is 11.3. The topological polar surface area (TPSA) is 46.8 Å². The third-order valence-electron chi connectivity index (χ3n) is 3.04. The number of H-pyrrole nitrogens is 1. The Bertz CT molecular complexity index is 744. The van der Waals surface area contributed by atoms with Gasteiger partial charge in [0.25, 0.3) is 0 Å². The highest BCUT2D eigenvalue weighted by Crippen LogP contribution is 2.34. The zero-order chi connectivity index (χ0) is 13.4. The number of thiophene rings is 1. The van der Waals surface area contributed by atoms with Crippen LogP contribution in [0, 0.1) is 6.33 Å². The summed E-state index contributed by atoms with van der Waals surface area (Å²) in [6.45, 7) is 0. The van der Waals surface area contributed by atoms with E-state index in [4.69, 9.17) is 4.42 Å². The van der Waals surface area contributed by atoms with E-state index in [0.29, 0.717) is 5.88 Å². The van der Waals surface area contributed by atoms with Gasteiger partial charge in [-0.05, 0) is 29.6 Å². The van der Waals surface area contributed by atoms with Gasteiger partial charge in [-0.3, -0.25) is 4.57 Å². The second-order valence-corrected chi connectivity index (χ2v) is 5.20. The summed E-state index contributed by atoms with van der Waals surface area (Å²) >= 11 is 1.66. The van der Waals surface area contributed by atoms with E-state index in [-0.39, 0.29) is 0 Å². The van der Waals surface area contributed by atoms with Gasteiger partial charge in [0.2, 0.25) is 5.88 Å². The van der Waals surface area contributed by atoms with Crippen LogP contribution < -0.4 is 0 Å². The molecule has 0 saturated heterocycles. The molecule has 4 aromatic heterocycles. The maximum atomic E-state index is 5.47. The number of nitrogens with zero attached hydrogens (tertiary/aromatic N) is 2. The minimum Gasteiger partial charge on any atom is -0.448 e. The van der Waals surface area contributed by atoms with Crippen LogP contribution in [0.2, 0.25) is 0 Å². The molecule has 4 aromatic rings. The summed E-state index contributed by atoms with van der Waals surface area (Å²) in [6, 6.07) is 11.8. The van der Waals surface area contributed by atoms with E-state index in [0.717, 1.165) is 22.0 Å². The molecule has 20 heavy (non-hydrogen) atoms. The van der Waals surface area contributed by atoms with Gasteiger partial charge in [0.15, 0.2) is 6.33 Å². The lowest BCUT2D eigenvalue weighted by Gasteiger charge is -2.05. The highest BCUT2D eigenvalue weighted by molar-refractivity contribution is 7.13. The summed E-state index contributed by atoms with van der Waals surface area (Å²) in [5, 5.41) is 2.04. The van der Waals surface area contributed by atoms with Gasteiger partial charge in [-0.2, -0.15) is 0 Å². The fourth-order valence-corrected chi connectivity index (χ4v) is 2.89. The molecule has 0 aliphatic heterocycles. The van der Waals surface area contributed by atoms with E-state index in [2.05, 4.69) is 22.4 Å². The van der Waals surface area contributed by atoms with Crippen molar-refractivity contribution in [3.05, 3.63) is 60.6 Å². The van der Waals surface area contributed by atoms with Crippen molar-refractivity contribution in [1.29, 1.82) is 0 Å². The van der Waals surface area contributed by atoms with Gasteiger partial charge in [-0.1, -0.05) is 6.07 Å². The summed E-state index contributed by atoms with van der Waals surface area (Å²) in [6.07, 6.45) is 6.55. The fourth-order valence-electron chi connectivity index (χ4n) is 2.18. The lowest BCUT2D eigenvalue weighted by Crippen LogP contribution is -1.94. The zero-order valence-electron chi connectivity index (χ0n) is 10.4. The molecule has 0 saturated carbocycles. The van der Waals surface area contributed by atoms with Crippen LogP contribution in [-0.2, 0) is 0 Å². The Balaban J connectivity index is 1.98. The van der Waals surface area contributed by atoms with Crippen molar-refractivity contribution in [2.75, 3.05) is 0 Å². The molecule has 0 fully saturated rings. The predicted molar refractivity (Wildman–Crippen MR) is 77.8 cm³/mol. The average Bonchev–Trinajstić information content (AvgIpc) is 3.23. The van der Waals surface area contributed by atoms with E-state index in [1.54, 1.807) is 17.6 Å². The van der Waals surface area contributed by atoms with Crippen molar-refractivity contribution in [2.24, 2.45) is 0 Å². The van der Waals surface area contributed by atoms with Crippen LogP contribution in [0.25, 0.3) is 27.8 Å². The molecule has 0 bridgehead atoms. The first-order valence-electron chi connectivity index (χ1n) is 6.15. The van der Waals surface area contributed by atoms with Crippen LogP contribution in [0.15, 0.2) is 58.7 Å². The molecule has 1 radical (unpaired) electrons. The molecule has 0 aliphatic carbocycles. The molecule has 1 N–H and O–H groups in total. The number of hydrogen-bond acceptors (Lipinski definition) is 3. The minimum absolute atomic E-state index is 0.699. The van der Waals surface area contributed by atoms with Crippen LogP contribution in [0.4, 0.5) is 0 Å². The van der Waals surface area contributed by atoms with Gasteiger partial charge in [0.1, 0.15) is 11.4 Å². The number of aromatic amines is 1. The molecule has 97 valence electrons. The molecule has 4 heterocycles. The van der Waals surface area contributed by atoms with E-state index in [9.17, 15) is 0 Å². The molecule has 0 unspecified atom stereocenters. The third kappa shape index (κ3) is 1.71. The van der Waals surface area contributed by atoms with Crippen LogP contribution in [0.5, 0.6) is 0 Å². The van der Waals surface area contributed by atoms with Crippen molar-refractivity contribution < 1.29 is 4.42 Å². The van der Waals surface area contributed by atoms with Crippen molar-refractivity contribution in [3.63, 3.8) is 0 Å². The predicted octanol–water partition coefficient (Wildman–Crippen LogP) is 3.99. The number of furan rings is 1. The van der Waals surface area contributed by atoms with Crippen molar-refractivity contribution >= 4 is 11.3 Å². The Morgan fingerprint density at radius 1 is 1.20 bits per heavy atom. The van der Waals surface area contributed by atoms with E-state index >= 15 is 0 Å². The molecule has 0 atom stereocenters. The van der Waals surface area contributed by atoms with Gasteiger partial charge in [-0.15, -0.1) is 11.3 Å². The van der Waals surface area contributed by atoms with Crippen molar-refractivity contribution in [3.8, 4) is 27.8 Å². The largest absolute Gasteiger partial charge is 0.448 e. The van der Waals surface area contributed by atoms with Crippen molar-refractivity contribution in [2.45, 2.75) is 0 Å². The monoisotopic (exact) mass is 280 g/mol. The molecular weight excluding hydrogens is 270 g/mol. The van der Waals surface area contributed by atoms with Crippen LogP contribution in [0.1, 0.15) is 0 Å². The molecule has 4 nitrogen and oxygen atoms in total. The normalized spacial score (nSPS) is 11.0. The van der Waals surface area contributed by atoms with Crippen LogP contribution in [-0.4, -0.2) is 14.5 Å². The maximum absolute atomic E-state index is 5.47. The molecule has 5 heteroatoms. The van der Waals surface area contributed by atoms with E-state index < -0.39 is 0 Å². The van der Waals surface area contributed by atoms with Crippen LogP contribution >= 0.6 is 11.3 Å². The number of imidazole rings is 1. The summed E-state index contributed by atoms with van der Waals surface area (Å²) in [7, 11) is 0. The smallest absolute Gasteiger partial charge is 0.205 e. The van der Waals surface area contributed by atoms with Gasteiger partial charge in [0.05, 0.1) is 16.8 Å². The molecule has 0 amide bonds. The SMILES string of the molecule is [c]1nc(-c2cccs2)c(-c2ccc[nH]2)n1-c1ccco1. The number of nitrogens with one attached hydrogen (secondary N) is 1. The lowest BCUT2D eigenvalue weighted by atomic mass is 10.2. The molecule has 0 spiro atoms. The molecule has 0 aliphatic rings. The van der Waals surface area contributed by atoms with E-state index in [1.165, 1.54) is 0 Å². The highest BCUT2D eigenvalue weighted by atomic mass is 32.1. The molecular formula is C15H10N3OS. The number of aromatic nitrogens is 3. The highest BCUT2D eigenvalue weighted by Gasteiger charge is 2.18. The Morgan fingerprint density at radius 2 is 2.20 bits per heavy atom. The molecule has 4 rings (SSSR count). The standard InChI is InChI=1S/C15H10N3OS/c1-4-11(16-7-1)15-14(12-5-3-9-20-12)17-10-18(15)13-6-2-8-19-13/h1-9,16H. The summed E-state index contributed by atoms with van der Waals surface area (Å²) < 4.78 is 7.30. The summed E-state index contributed by atoms with van der Waals surface area (Å²) in [5.41, 5.74) is 2.84. The quantitative estimate of drug-likeness (QED) is 0.617. The Labute approximate surface area is 119 Å². The van der Waals surface area contributed by atoms with Gasteiger partial charge >= 0.3 is 0 Å². The first-order chi connectivity index (χ1) is 9.93.